The van der Waals surface area contributed by atoms with Crippen molar-refractivity contribution < 1.29 is 33.0 Å². The molecular weight excluding hydrogens is 536 g/mol. The first-order valence-corrected chi connectivity index (χ1v) is 13.6. The van der Waals surface area contributed by atoms with Gasteiger partial charge in [-0.15, -0.1) is 0 Å². The fraction of sp³-hybridized carbons (Fsp3) is 0.448. The lowest BCUT2D eigenvalue weighted by molar-refractivity contribution is -0.146. The van der Waals surface area contributed by atoms with Crippen molar-refractivity contribution in [2.75, 3.05) is 24.5 Å². The molecule has 5 rings (SSSR count). The van der Waals surface area contributed by atoms with Gasteiger partial charge in [-0.1, -0.05) is 0 Å². The molecule has 0 aliphatic carbocycles. The molecule has 2 saturated heterocycles. The van der Waals surface area contributed by atoms with E-state index in [1.165, 1.54) is 11.0 Å². The number of carboxylic acids is 1. The fourth-order valence-corrected chi connectivity index (χ4v) is 5.58. The normalized spacial score (nSPS) is 18.9. The lowest BCUT2D eigenvalue weighted by atomic mass is 9.87. The van der Waals surface area contributed by atoms with Gasteiger partial charge in [0, 0.05) is 37.1 Å². The van der Waals surface area contributed by atoms with Crippen molar-refractivity contribution in [3.63, 3.8) is 0 Å². The van der Waals surface area contributed by atoms with Crippen LogP contribution in [0.15, 0.2) is 42.6 Å². The van der Waals surface area contributed by atoms with Crippen LogP contribution in [0.4, 0.5) is 19.3 Å². The third kappa shape index (κ3) is 5.82. The first-order chi connectivity index (χ1) is 19.3. The maximum Gasteiger partial charge on any atom is 0.408 e. The number of aliphatic carboxylic acids is 1. The third-order valence-electron chi connectivity index (χ3n) is 7.62. The number of carbonyl (C=O) groups is 3. The molecule has 12 heteroatoms. The average molecular weight is 570 g/mol. The molecular formula is C29H33F2N5O5. The van der Waals surface area contributed by atoms with Gasteiger partial charge in [0.05, 0.1) is 11.6 Å². The Morgan fingerprint density at radius 3 is 2.49 bits per heavy atom. The molecule has 10 nitrogen and oxygen atoms in total. The number of carbonyl (C=O) groups excluding carboxylic acids is 2. The molecule has 1 aromatic carbocycles. The Balaban J connectivity index is 1.30. The van der Waals surface area contributed by atoms with Crippen molar-refractivity contribution in [1.82, 2.24) is 19.8 Å². The molecule has 2 aliphatic rings. The van der Waals surface area contributed by atoms with E-state index in [2.05, 4.69) is 10.4 Å². The van der Waals surface area contributed by atoms with Crippen LogP contribution < -0.4 is 10.2 Å². The van der Waals surface area contributed by atoms with E-state index in [1.807, 2.05) is 17.0 Å². The lowest BCUT2D eigenvalue weighted by Crippen LogP contribution is -2.61. The van der Waals surface area contributed by atoms with Crippen LogP contribution in [0.25, 0.3) is 5.52 Å². The highest BCUT2D eigenvalue weighted by Crippen LogP contribution is 2.38. The molecule has 0 spiro atoms. The van der Waals surface area contributed by atoms with Crippen LogP contribution in [0.2, 0.25) is 0 Å². The van der Waals surface area contributed by atoms with Crippen LogP contribution in [-0.4, -0.2) is 68.4 Å². The molecule has 0 saturated carbocycles. The van der Waals surface area contributed by atoms with Gasteiger partial charge >= 0.3 is 12.1 Å². The first kappa shape index (κ1) is 28.3. The van der Waals surface area contributed by atoms with Gasteiger partial charge in [0.25, 0.3) is 5.91 Å². The molecule has 2 fully saturated rings. The van der Waals surface area contributed by atoms with Gasteiger partial charge in [0.15, 0.2) is 5.69 Å². The minimum absolute atomic E-state index is 0.0117. The molecule has 0 radical (unpaired) electrons. The summed E-state index contributed by atoms with van der Waals surface area (Å²) in [5.74, 6) is -2.47. The van der Waals surface area contributed by atoms with E-state index >= 15 is 0 Å². The number of pyridine rings is 1. The summed E-state index contributed by atoms with van der Waals surface area (Å²) in [7, 11) is 0. The predicted molar refractivity (Wildman–Crippen MR) is 146 cm³/mol. The molecule has 218 valence electrons. The molecule has 2 aromatic heterocycles. The highest BCUT2D eigenvalue weighted by Gasteiger charge is 2.45. The van der Waals surface area contributed by atoms with Gasteiger partial charge in [-0.25, -0.2) is 22.9 Å². The van der Waals surface area contributed by atoms with E-state index in [0.29, 0.717) is 24.0 Å². The second-order valence-corrected chi connectivity index (χ2v) is 11.6. The van der Waals surface area contributed by atoms with Crippen molar-refractivity contribution in [3.8, 4) is 0 Å². The Labute approximate surface area is 235 Å². The minimum Gasteiger partial charge on any atom is -0.480 e. The first-order valence-electron chi connectivity index (χ1n) is 13.6. The maximum atomic E-state index is 14.5. The van der Waals surface area contributed by atoms with Crippen LogP contribution >= 0.6 is 0 Å². The minimum atomic E-state index is -1.54. The fourth-order valence-electron chi connectivity index (χ4n) is 5.58. The number of nitrogens with one attached hydrogen (secondary N) is 1. The molecule has 0 bridgehead atoms. The van der Waals surface area contributed by atoms with E-state index in [-0.39, 0.29) is 43.6 Å². The maximum absolute atomic E-state index is 14.5. The SMILES string of the molecule is CC(C)(C)OC(=O)NC1(C(=O)O)CCN(C(=O)c2cc3cc(N4CCC[C@@H]4c4cc(F)ccc4F)ccn3n2)CC1. The number of fused-ring (bicyclic) bond motifs is 1. The summed E-state index contributed by atoms with van der Waals surface area (Å²) in [6, 6.07) is 8.52. The Kier molecular flexibility index (Phi) is 7.35. The topological polar surface area (TPSA) is 116 Å². The number of likely N-dealkylation sites (tertiary alicyclic amines) is 1. The van der Waals surface area contributed by atoms with Crippen molar-refractivity contribution in [2.45, 2.75) is 63.6 Å². The van der Waals surface area contributed by atoms with Crippen molar-refractivity contribution >= 4 is 29.2 Å². The summed E-state index contributed by atoms with van der Waals surface area (Å²) in [6.45, 7) is 5.95. The number of hydrogen-bond acceptors (Lipinski definition) is 6. The zero-order valence-corrected chi connectivity index (χ0v) is 23.2. The summed E-state index contributed by atoms with van der Waals surface area (Å²) < 4.78 is 35.2. The summed E-state index contributed by atoms with van der Waals surface area (Å²) in [4.78, 5) is 41.3. The number of carboxylic acid groups (broad SMARTS) is 1. The van der Waals surface area contributed by atoms with E-state index in [9.17, 15) is 28.3 Å². The zero-order valence-electron chi connectivity index (χ0n) is 23.2. The number of halogens is 2. The van der Waals surface area contributed by atoms with Crippen LogP contribution in [0, 0.1) is 11.6 Å². The zero-order chi connectivity index (χ0) is 29.5. The van der Waals surface area contributed by atoms with Crippen LogP contribution in [0.3, 0.4) is 0 Å². The highest BCUT2D eigenvalue weighted by molar-refractivity contribution is 5.94. The van der Waals surface area contributed by atoms with Gasteiger partial charge in [-0.2, -0.15) is 5.10 Å². The average Bonchev–Trinajstić information content (AvgIpc) is 3.56. The van der Waals surface area contributed by atoms with Gasteiger partial charge in [0.2, 0.25) is 0 Å². The van der Waals surface area contributed by atoms with Crippen molar-refractivity contribution in [3.05, 3.63) is 65.5 Å². The van der Waals surface area contributed by atoms with Gasteiger partial charge < -0.3 is 25.0 Å². The second kappa shape index (κ2) is 10.6. The van der Waals surface area contributed by atoms with Gasteiger partial charge in [-0.3, -0.25) is 4.79 Å². The van der Waals surface area contributed by atoms with E-state index in [4.69, 9.17) is 4.74 Å². The number of benzene rings is 1. The monoisotopic (exact) mass is 569 g/mol. The molecule has 41 heavy (non-hydrogen) atoms. The van der Waals surface area contributed by atoms with Crippen LogP contribution in [0.5, 0.6) is 0 Å². The number of piperidine rings is 1. The molecule has 3 aromatic rings. The molecule has 2 aliphatic heterocycles. The van der Waals surface area contributed by atoms with E-state index in [0.717, 1.165) is 24.2 Å². The number of nitrogens with zero attached hydrogens (tertiary/aromatic N) is 4. The second-order valence-electron chi connectivity index (χ2n) is 11.6. The highest BCUT2D eigenvalue weighted by atomic mass is 19.1. The standard InChI is InChI=1S/C29H33F2N5O5/c1-28(2,3)41-27(40)32-29(26(38)39)9-13-34(14-10-29)25(37)23-17-20-16-19(8-12-36(20)33-23)35-11-4-5-24(35)21-15-18(30)6-7-22(21)31/h6-8,12,15-17,24H,4-5,9-11,13-14H2,1-3H3,(H,32,40)(H,38,39)/t24-/m1/s1. The lowest BCUT2D eigenvalue weighted by Gasteiger charge is -2.39. The number of aromatic nitrogens is 2. The molecule has 2 amide bonds. The molecule has 1 atom stereocenters. The Morgan fingerprint density at radius 2 is 1.80 bits per heavy atom. The quantitative estimate of drug-likeness (QED) is 0.464. The summed E-state index contributed by atoms with van der Waals surface area (Å²) >= 11 is 0. The predicted octanol–water partition coefficient (Wildman–Crippen LogP) is 4.54. The number of alkyl carbamates (subject to hydrolysis) is 1. The summed E-state index contributed by atoms with van der Waals surface area (Å²) in [5, 5.41) is 16.8. The summed E-state index contributed by atoms with van der Waals surface area (Å²) in [5.41, 5.74) is -0.357. The third-order valence-corrected chi connectivity index (χ3v) is 7.62. The van der Waals surface area contributed by atoms with Crippen molar-refractivity contribution in [1.29, 1.82) is 0 Å². The Morgan fingerprint density at radius 1 is 1.07 bits per heavy atom. The van der Waals surface area contributed by atoms with Crippen molar-refractivity contribution in [2.24, 2.45) is 0 Å². The van der Waals surface area contributed by atoms with E-state index in [1.54, 1.807) is 37.5 Å². The number of rotatable bonds is 5. The van der Waals surface area contributed by atoms with Gasteiger partial charge in [-0.05, 0) is 82.9 Å². The number of ether oxygens (including phenoxy) is 1. The molecule has 0 unspecified atom stereocenters. The largest absolute Gasteiger partial charge is 0.480 e. The van der Waals surface area contributed by atoms with Gasteiger partial charge in [0.1, 0.15) is 22.8 Å². The Hall–Kier alpha value is -4.22. The number of hydrogen-bond donors (Lipinski definition) is 2. The molecule has 2 N–H and O–H groups in total. The summed E-state index contributed by atoms with van der Waals surface area (Å²) in [6.07, 6.45) is 2.43. The Bertz CT molecular complexity index is 1490. The number of amides is 2. The smallest absolute Gasteiger partial charge is 0.408 e. The molecule has 4 heterocycles. The number of anilines is 1. The van der Waals surface area contributed by atoms with Crippen LogP contribution in [0.1, 0.15) is 68.5 Å². The van der Waals surface area contributed by atoms with E-state index < -0.39 is 34.8 Å². The van der Waals surface area contributed by atoms with Crippen LogP contribution in [-0.2, 0) is 9.53 Å².